The fourth-order valence-corrected chi connectivity index (χ4v) is 3.24. The first-order valence-electron chi connectivity index (χ1n) is 7.60. The van der Waals surface area contributed by atoms with Gasteiger partial charge in [-0.05, 0) is 37.8 Å². The summed E-state index contributed by atoms with van der Waals surface area (Å²) in [4.78, 5) is 16.4. The zero-order valence-corrected chi connectivity index (χ0v) is 13.4. The Labute approximate surface area is 133 Å². The first-order valence-corrected chi connectivity index (χ1v) is 8.54. The highest BCUT2D eigenvalue weighted by Crippen LogP contribution is 2.19. The van der Waals surface area contributed by atoms with Crippen LogP contribution in [0.3, 0.4) is 0 Å². The quantitative estimate of drug-likeness (QED) is 0.880. The third-order valence-corrected chi connectivity index (χ3v) is 4.60. The summed E-state index contributed by atoms with van der Waals surface area (Å²) in [6.07, 6.45) is 2.97. The van der Waals surface area contributed by atoms with E-state index in [0.717, 1.165) is 24.9 Å². The molecule has 1 aliphatic heterocycles. The van der Waals surface area contributed by atoms with Gasteiger partial charge in [0.15, 0.2) is 0 Å². The number of rotatable bonds is 5. The van der Waals surface area contributed by atoms with Gasteiger partial charge in [0.2, 0.25) is 17.6 Å². The molecule has 2 aromatic heterocycles. The molecule has 2 unspecified atom stereocenters. The minimum Gasteiger partial charge on any atom is -0.352 e. The van der Waals surface area contributed by atoms with Gasteiger partial charge in [-0.1, -0.05) is 5.16 Å². The number of thiophene rings is 1. The molecular weight excluding hydrogens is 300 g/mol. The van der Waals surface area contributed by atoms with E-state index in [2.05, 4.69) is 27.7 Å². The first kappa shape index (κ1) is 15.2. The molecule has 0 spiro atoms. The van der Waals surface area contributed by atoms with Gasteiger partial charge >= 0.3 is 0 Å². The molecule has 1 amide bonds. The molecule has 1 saturated heterocycles. The third kappa shape index (κ3) is 3.72. The van der Waals surface area contributed by atoms with Gasteiger partial charge in [-0.25, -0.2) is 0 Å². The van der Waals surface area contributed by atoms with Crippen molar-refractivity contribution in [1.82, 2.24) is 20.8 Å². The number of hydrogen-bond acceptors (Lipinski definition) is 6. The largest absolute Gasteiger partial charge is 0.352 e. The Morgan fingerprint density at radius 1 is 1.59 bits per heavy atom. The molecule has 1 aliphatic rings. The van der Waals surface area contributed by atoms with Crippen LogP contribution < -0.4 is 10.6 Å². The molecule has 3 rings (SSSR count). The van der Waals surface area contributed by atoms with E-state index in [-0.39, 0.29) is 11.9 Å². The van der Waals surface area contributed by atoms with E-state index < -0.39 is 0 Å². The van der Waals surface area contributed by atoms with Crippen molar-refractivity contribution < 1.29 is 9.32 Å². The number of piperidine rings is 1. The van der Waals surface area contributed by atoms with Gasteiger partial charge in [0.25, 0.3) is 0 Å². The lowest BCUT2D eigenvalue weighted by Crippen LogP contribution is -2.51. The maximum absolute atomic E-state index is 12.0. The lowest BCUT2D eigenvalue weighted by Gasteiger charge is -2.30. The van der Waals surface area contributed by atoms with Gasteiger partial charge in [0, 0.05) is 35.9 Å². The van der Waals surface area contributed by atoms with Gasteiger partial charge in [0.1, 0.15) is 0 Å². The summed E-state index contributed by atoms with van der Waals surface area (Å²) in [6, 6.07) is 2.49. The fourth-order valence-electron chi connectivity index (χ4n) is 2.61. The normalized spacial score (nSPS) is 21.7. The number of carbonyl (C=O) groups excluding carboxylic acids is 1. The number of carbonyl (C=O) groups is 1. The molecule has 6 nitrogen and oxygen atoms in total. The molecule has 0 radical (unpaired) electrons. The Bertz CT molecular complexity index is 611. The average Bonchev–Trinajstić information content (AvgIpc) is 3.18. The molecule has 1 fully saturated rings. The van der Waals surface area contributed by atoms with Crippen LogP contribution in [-0.4, -0.2) is 34.7 Å². The summed E-state index contributed by atoms with van der Waals surface area (Å²) in [5.41, 5.74) is 0.951. The summed E-state index contributed by atoms with van der Waals surface area (Å²) in [7, 11) is 0. The van der Waals surface area contributed by atoms with Crippen LogP contribution in [0.15, 0.2) is 21.3 Å². The zero-order chi connectivity index (χ0) is 15.4. The smallest absolute Gasteiger partial charge is 0.227 e. The Hall–Kier alpha value is -1.73. The van der Waals surface area contributed by atoms with E-state index in [1.165, 1.54) is 0 Å². The Morgan fingerprint density at radius 2 is 2.50 bits per heavy atom. The number of aryl methyl sites for hydroxylation is 1. The monoisotopic (exact) mass is 320 g/mol. The van der Waals surface area contributed by atoms with Crippen LogP contribution in [0.4, 0.5) is 0 Å². The Kier molecular flexibility index (Phi) is 4.84. The number of nitrogens with one attached hydrogen (secondary N) is 2. The maximum atomic E-state index is 12.0. The average molecular weight is 320 g/mol. The topological polar surface area (TPSA) is 80.0 Å². The second kappa shape index (κ2) is 7.02. The van der Waals surface area contributed by atoms with E-state index in [4.69, 9.17) is 4.52 Å². The minimum atomic E-state index is 0.0378. The molecule has 0 saturated carbocycles. The molecule has 0 aliphatic carbocycles. The molecule has 0 aromatic carbocycles. The number of hydrogen-bond donors (Lipinski definition) is 2. The fraction of sp³-hybridized carbons (Fsp3) is 0.533. The summed E-state index contributed by atoms with van der Waals surface area (Å²) in [5, 5.41) is 14.3. The Morgan fingerprint density at radius 3 is 3.27 bits per heavy atom. The highest BCUT2D eigenvalue weighted by atomic mass is 32.1. The predicted molar refractivity (Wildman–Crippen MR) is 84.6 cm³/mol. The van der Waals surface area contributed by atoms with E-state index in [1.807, 2.05) is 16.8 Å². The number of aromatic nitrogens is 2. The molecule has 2 aromatic rings. The van der Waals surface area contributed by atoms with Crippen LogP contribution in [0.5, 0.6) is 0 Å². The lowest BCUT2D eigenvalue weighted by molar-refractivity contribution is -0.122. The highest BCUT2D eigenvalue weighted by molar-refractivity contribution is 7.08. The predicted octanol–water partition coefficient (Wildman–Crippen LogP) is 1.99. The van der Waals surface area contributed by atoms with Crippen molar-refractivity contribution in [3.63, 3.8) is 0 Å². The maximum Gasteiger partial charge on any atom is 0.227 e. The van der Waals surface area contributed by atoms with Gasteiger partial charge < -0.3 is 15.2 Å². The molecule has 22 heavy (non-hydrogen) atoms. The molecule has 2 atom stereocenters. The van der Waals surface area contributed by atoms with E-state index >= 15 is 0 Å². The van der Waals surface area contributed by atoms with E-state index in [9.17, 15) is 4.79 Å². The van der Waals surface area contributed by atoms with Crippen LogP contribution in [0, 0.1) is 0 Å². The lowest BCUT2D eigenvalue weighted by atomic mass is 10.00. The number of nitrogens with zero attached hydrogens (tertiary/aromatic N) is 2. The van der Waals surface area contributed by atoms with Crippen LogP contribution in [0.1, 0.15) is 32.1 Å². The molecule has 7 heteroatoms. The van der Waals surface area contributed by atoms with Crippen LogP contribution in [0.25, 0.3) is 11.4 Å². The van der Waals surface area contributed by atoms with E-state index in [0.29, 0.717) is 30.6 Å². The van der Waals surface area contributed by atoms with Gasteiger partial charge in [-0.2, -0.15) is 16.3 Å². The van der Waals surface area contributed by atoms with Crippen LogP contribution >= 0.6 is 11.3 Å². The van der Waals surface area contributed by atoms with Crippen molar-refractivity contribution in [2.75, 3.05) is 6.54 Å². The second-order valence-corrected chi connectivity index (χ2v) is 6.36. The van der Waals surface area contributed by atoms with Gasteiger partial charge in [-0.3, -0.25) is 4.79 Å². The van der Waals surface area contributed by atoms with Crippen molar-refractivity contribution >= 4 is 17.2 Å². The van der Waals surface area contributed by atoms with Crippen molar-refractivity contribution in [1.29, 1.82) is 0 Å². The number of amides is 1. The van der Waals surface area contributed by atoms with Crippen molar-refractivity contribution in [2.24, 2.45) is 0 Å². The third-order valence-electron chi connectivity index (χ3n) is 3.92. The molecule has 0 bridgehead atoms. The molecular formula is C15H20N4O2S. The van der Waals surface area contributed by atoms with Gasteiger partial charge in [-0.15, -0.1) is 0 Å². The first-order chi connectivity index (χ1) is 10.7. The molecule has 118 valence electrons. The zero-order valence-electron chi connectivity index (χ0n) is 12.5. The molecule has 2 N–H and O–H groups in total. The van der Waals surface area contributed by atoms with Crippen LogP contribution in [0.2, 0.25) is 0 Å². The summed E-state index contributed by atoms with van der Waals surface area (Å²) < 4.78 is 5.20. The Balaban J connectivity index is 1.49. The van der Waals surface area contributed by atoms with E-state index in [1.54, 1.807) is 11.3 Å². The van der Waals surface area contributed by atoms with Crippen molar-refractivity contribution in [2.45, 2.75) is 44.7 Å². The standard InChI is InChI=1S/C15H20N4O2S/c1-10-12(3-2-7-16-10)17-13(20)4-5-14-18-15(19-21-14)11-6-8-22-9-11/h6,8-10,12,16H,2-5,7H2,1H3,(H,17,20). The van der Waals surface area contributed by atoms with Crippen molar-refractivity contribution in [3.05, 3.63) is 22.7 Å². The summed E-state index contributed by atoms with van der Waals surface area (Å²) >= 11 is 1.59. The summed E-state index contributed by atoms with van der Waals surface area (Å²) in [6.45, 7) is 3.14. The SMILES string of the molecule is CC1NCCCC1NC(=O)CCc1nc(-c2ccsc2)no1. The van der Waals surface area contributed by atoms with Gasteiger partial charge in [0.05, 0.1) is 0 Å². The minimum absolute atomic E-state index is 0.0378. The molecule has 3 heterocycles. The second-order valence-electron chi connectivity index (χ2n) is 5.58. The highest BCUT2D eigenvalue weighted by Gasteiger charge is 2.22. The summed E-state index contributed by atoms with van der Waals surface area (Å²) in [5.74, 6) is 1.13. The van der Waals surface area contributed by atoms with Crippen LogP contribution in [-0.2, 0) is 11.2 Å². The van der Waals surface area contributed by atoms with Crippen molar-refractivity contribution in [3.8, 4) is 11.4 Å².